The molecule has 2 aromatic heterocycles. The van der Waals surface area contributed by atoms with Crippen molar-refractivity contribution >= 4 is 5.78 Å². The highest BCUT2D eigenvalue weighted by Crippen LogP contribution is 2.08. The maximum Gasteiger partial charge on any atom is 0.274 e. The highest BCUT2D eigenvalue weighted by atomic mass is 16.1. The fourth-order valence-electron chi connectivity index (χ4n) is 2.19. The molecule has 7 heteroatoms. The molecule has 1 fully saturated rings. The van der Waals surface area contributed by atoms with Gasteiger partial charge in [-0.1, -0.05) is 6.92 Å². The zero-order valence-electron chi connectivity index (χ0n) is 10.3. The first kappa shape index (κ1) is 11.4. The molecule has 0 saturated carbocycles. The number of rotatable bonds is 4. The summed E-state index contributed by atoms with van der Waals surface area (Å²) in [6.45, 7) is 5.79. The molecule has 0 spiro atoms. The van der Waals surface area contributed by atoms with Gasteiger partial charge >= 0.3 is 0 Å². The van der Waals surface area contributed by atoms with E-state index in [2.05, 4.69) is 32.2 Å². The van der Waals surface area contributed by atoms with Crippen molar-refractivity contribution in [1.82, 2.24) is 29.8 Å². The third-order valence-electron chi connectivity index (χ3n) is 3.37. The number of nitrogens with one attached hydrogen (secondary N) is 2. The molecule has 0 bridgehead atoms. The van der Waals surface area contributed by atoms with Crippen LogP contribution in [-0.2, 0) is 6.54 Å². The van der Waals surface area contributed by atoms with E-state index in [1.165, 1.54) is 10.8 Å². The number of nitrogens with zero attached hydrogens (tertiary/aromatic N) is 4. The normalized spacial score (nSPS) is 16.3. The van der Waals surface area contributed by atoms with E-state index in [1.807, 2.05) is 0 Å². The fraction of sp³-hybridized carbons (Fsp3) is 0.545. The molecule has 2 aromatic rings. The lowest BCUT2D eigenvalue weighted by atomic mass is 10.1. The third kappa shape index (κ3) is 1.91. The molecule has 7 nitrogen and oxygen atoms in total. The molecule has 0 atom stereocenters. The highest BCUT2D eigenvalue weighted by molar-refractivity contribution is 5.26. The average Bonchev–Trinajstić information content (AvgIpc) is 2.74. The van der Waals surface area contributed by atoms with Crippen molar-refractivity contribution in [2.75, 3.05) is 19.6 Å². The topological polar surface area (TPSA) is 78.3 Å². The van der Waals surface area contributed by atoms with Crippen molar-refractivity contribution in [1.29, 1.82) is 0 Å². The molecule has 18 heavy (non-hydrogen) atoms. The number of aromatic amines is 1. The van der Waals surface area contributed by atoms with Crippen LogP contribution in [0.1, 0.15) is 12.6 Å². The summed E-state index contributed by atoms with van der Waals surface area (Å²) in [5.41, 5.74) is 0.663. The molecule has 0 unspecified atom stereocenters. The molecule has 1 aliphatic rings. The Balaban J connectivity index is 1.86. The predicted molar refractivity (Wildman–Crippen MR) is 66.3 cm³/mol. The molecular weight excluding hydrogens is 232 g/mol. The average molecular weight is 248 g/mol. The van der Waals surface area contributed by atoms with Crippen LogP contribution in [0, 0.1) is 0 Å². The van der Waals surface area contributed by atoms with Gasteiger partial charge in [-0.05, 0) is 6.54 Å². The van der Waals surface area contributed by atoms with Crippen LogP contribution in [0.4, 0.5) is 0 Å². The lowest BCUT2D eigenvalue weighted by Gasteiger charge is -2.37. The molecule has 2 N–H and O–H groups in total. The predicted octanol–water partition coefficient (Wildman–Crippen LogP) is -0.789. The van der Waals surface area contributed by atoms with Crippen LogP contribution in [0.5, 0.6) is 0 Å². The Morgan fingerprint density at radius 1 is 1.56 bits per heavy atom. The summed E-state index contributed by atoms with van der Waals surface area (Å²) in [7, 11) is 0. The van der Waals surface area contributed by atoms with Crippen molar-refractivity contribution in [3.63, 3.8) is 0 Å². The molecule has 1 aliphatic heterocycles. The largest absolute Gasteiger partial charge is 0.314 e. The van der Waals surface area contributed by atoms with Gasteiger partial charge in [-0.25, -0.2) is 9.97 Å². The van der Waals surface area contributed by atoms with Gasteiger partial charge in [-0.3, -0.25) is 14.8 Å². The van der Waals surface area contributed by atoms with E-state index in [0.717, 1.165) is 25.3 Å². The summed E-state index contributed by atoms with van der Waals surface area (Å²) < 4.78 is 1.34. The first-order chi connectivity index (χ1) is 8.78. The number of hydrogen-bond acceptors (Lipinski definition) is 5. The zero-order chi connectivity index (χ0) is 12.5. The summed E-state index contributed by atoms with van der Waals surface area (Å²) in [5.74, 6) is 0.431. The van der Waals surface area contributed by atoms with Gasteiger partial charge in [0.1, 0.15) is 6.33 Å². The number of likely N-dealkylation sites (N-methyl/N-ethyl adjacent to an activating group) is 1. The van der Waals surface area contributed by atoms with Crippen LogP contribution in [-0.4, -0.2) is 50.2 Å². The van der Waals surface area contributed by atoms with Gasteiger partial charge in [-0.15, -0.1) is 0 Å². The van der Waals surface area contributed by atoms with Crippen molar-refractivity contribution in [3.8, 4) is 0 Å². The van der Waals surface area contributed by atoms with Crippen LogP contribution in [0.3, 0.4) is 0 Å². The Kier molecular flexibility index (Phi) is 2.85. The van der Waals surface area contributed by atoms with Crippen molar-refractivity contribution in [3.05, 3.63) is 28.4 Å². The first-order valence-corrected chi connectivity index (χ1v) is 6.14. The number of aromatic nitrogens is 4. The molecule has 3 heterocycles. The summed E-state index contributed by atoms with van der Waals surface area (Å²) in [6, 6.07) is 2.12. The number of fused-ring (bicyclic) bond motifs is 1. The standard InChI is InChI=1S/C11H16N6O/c1-2-16(9-4-12-5-9)6-8-3-10(18)17-11(15-8)13-7-14-17/h3,7,9,12H,2,4-6H2,1H3,(H,13,14,15). The SMILES string of the molecule is CCN(Cc1cc(=O)n2[nH]cnc2n1)C1CNC1. The van der Waals surface area contributed by atoms with E-state index in [0.29, 0.717) is 18.4 Å². The zero-order valence-corrected chi connectivity index (χ0v) is 10.3. The van der Waals surface area contributed by atoms with Gasteiger partial charge in [0.05, 0.1) is 5.69 Å². The van der Waals surface area contributed by atoms with E-state index in [1.54, 1.807) is 6.07 Å². The molecule has 0 amide bonds. The van der Waals surface area contributed by atoms with Crippen molar-refractivity contribution in [2.45, 2.75) is 19.5 Å². The van der Waals surface area contributed by atoms with E-state index in [4.69, 9.17) is 0 Å². The second-order valence-electron chi connectivity index (χ2n) is 4.48. The van der Waals surface area contributed by atoms with Crippen LogP contribution in [0.25, 0.3) is 5.78 Å². The van der Waals surface area contributed by atoms with Crippen molar-refractivity contribution < 1.29 is 0 Å². The maximum atomic E-state index is 11.8. The van der Waals surface area contributed by atoms with Crippen LogP contribution < -0.4 is 10.9 Å². The molecule has 3 rings (SSSR count). The smallest absolute Gasteiger partial charge is 0.274 e. The maximum absolute atomic E-state index is 11.8. The monoisotopic (exact) mass is 248 g/mol. The number of hydrogen-bond donors (Lipinski definition) is 2. The number of H-pyrrole nitrogens is 1. The molecule has 1 saturated heterocycles. The van der Waals surface area contributed by atoms with Gasteiger partial charge in [-0.2, -0.15) is 4.52 Å². The van der Waals surface area contributed by atoms with Gasteiger partial charge in [0.15, 0.2) is 0 Å². The summed E-state index contributed by atoms with van der Waals surface area (Å²) in [6.07, 6.45) is 1.47. The van der Waals surface area contributed by atoms with E-state index < -0.39 is 0 Å². The lowest BCUT2D eigenvalue weighted by molar-refractivity contribution is 0.143. The molecule has 0 radical (unpaired) electrons. The lowest BCUT2D eigenvalue weighted by Crippen LogP contribution is -2.56. The molecular formula is C11H16N6O. The molecule has 96 valence electrons. The third-order valence-corrected chi connectivity index (χ3v) is 3.37. The minimum atomic E-state index is -0.115. The van der Waals surface area contributed by atoms with Gasteiger partial charge in [0.25, 0.3) is 11.3 Å². The van der Waals surface area contributed by atoms with Crippen LogP contribution in [0.2, 0.25) is 0 Å². The first-order valence-electron chi connectivity index (χ1n) is 6.14. The molecule has 0 aromatic carbocycles. The van der Waals surface area contributed by atoms with Crippen LogP contribution in [0.15, 0.2) is 17.2 Å². The van der Waals surface area contributed by atoms with Crippen molar-refractivity contribution in [2.24, 2.45) is 0 Å². The Hall–Kier alpha value is -1.73. The fourth-order valence-corrected chi connectivity index (χ4v) is 2.19. The van der Waals surface area contributed by atoms with Gasteiger partial charge in [0, 0.05) is 31.7 Å². The van der Waals surface area contributed by atoms with E-state index >= 15 is 0 Å². The Labute approximate surface area is 104 Å². The van der Waals surface area contributed by atoms with Gasteiger partial charge < -0.3 is 5.32 Å². The minimum absolute atomic E-state index is 0.115. The second-order valence-corrected chi connectivity index (χ2v) is 4.48. The Morgan fingerprint density at radius 3 is 3.06 bits per heavy atom. The van der Waals surface area contributed by atoms with Crippen LogP contribution >= 0.6 is 0 Å². The van der Waals surface area contributed by atoms with E-state index in [-0.39, 0.29) is 5.56 Å². The molecule has 0 aliphatic carbocycles. The second kappa shape index (κ2) is 4.51. The Morgan fingerprint density at radius 2 is 2.39 bits per heavy atom. The Bertz CT molecular complexity index is 599. The van der Waals surface area contributed by atoms with E-state index in [9.17, 15) is 4.79 Å². The summed E-state index contributed by atoms with van der Waals surface area (Å²) in [5, 5.41) is 5.99. The summed E-state index contributed by atoms with van der Waals surface area (Å²) >= 11 is 0. The quantitative estimate of drug-likeness (QED) is 0.741. The van der Waals surface area contributed by atoms with Gasteiger partial charge in [0.2, 0.25) is 0 Å². The summed E-state index contributed by atoms with van der Waals surface area (Å²) in [4.78, 5) is 22.5. The highest BCUT2D eigenvalue weighted by Gasteiger charge is 2.23. The minimum Gasteiger partial charge on any atom is -0.314 e.